The van der Waals surface area contributed by atoms with Gasteiger partial charge in [0.1, 0.15) is 0 Å². The standard InChI is InChI=1S/C18H22F3N3O2/c1-11-8-17(25,12-4-6-13(7-5-12)18(19,20)21)9-15(22-11)14-10-24(2)23-16(14)26-3/h4-7,10-11,15,22,25H,8-9H2,1-3H3/t11-,15-,17?/m0/s1. The summed E-state index contributed by atoms with van der Waals surface area (Å²) in [6.45, 7) is 1.93. The Bertz CT molecular complexity index is 773. The first kappa shape index (κ1) is 18.7. The maximum absolute atomic E-state index is 12.8. The van der Waals surface area contributed by atoms with Gasteiger partial charge in [0.25, 0.3) is 0 Å². The summed E-state index contributed by atoms with van der Waals surface area (Å²) in [5.74, 6) is 0.467. The first-order valence-corrected chi connectivity index (χ1v) is 8.36. The van der Waals surface area contributed by atoms with Crippen LogP contribution in [0.25, 0.3) is 0 Å². The number of halogens is 3. The normalized spacial score (nSPS) is 26.7. The number of nitrogens with zero attached hydrogens (tertiary/aromatic N) is 2. The fourth-order valence-electron chi connectivity index (χ4n) is 3.68. The number of hydrogen-bond acceptors (Lipinski definition) is 4. The molecule has 0 saturated carbocycles. The van der Waals surface area contributed by atoms with Gasteiger partial charge in [-0.2, -0.15) is 13.2 Å². The fraction of sp³-hybridized carbons (Fsp3) is 0.500. The van der Waals surface area contributed by atoms with Crippen molar-refractivity contribution in [3.8, 4) is 5.88 Å². The highest BCUT2D eigenvalue weighted by atomic mass is 19.4. The Labute approximate surface area is 149 Å². The second-order valence-electron chi connectivity index (χ2n) is 6.90. The summed E-state index contributed by atoms with van der Waals surface area (Å²) in [6.07, 6.45) is -1.86. The third-order valence-corrected chi connectivity index (χ3v) is 4.81. The number of alkyl halides is 3. The molecule has 0 amide bonds. The number of nitrogens with one attached hydrogen (secondary N) is 1. The van der Waals surface area contributed by atoms with E-state index in [-0.39, 0.29) is 12.1 Å². The largest absolute Gasteiger partial charge is 0.480 e. The molecule has 142 valence electrons. The molecule has 1 aliphatic heterocycles. The van der Waals surface area contributed by atoms with Crippen LogP contribution in [-0.4, -0.2) is 28.0 Å². The van der Waals surface area contributed by atoms with Gasteiger partial charge in [0.15, 0.2) is 0 Å². The molecule has 0 radical (unpaired) electrons. The Kier molecular flexibility index (Phi) is 4.74. The third-order valence-electron chi connectivity index (χ3n) is 4.81. The van der Waals surface area contributed by atoms with Crippen LogP contribution in [0.2, 0.25) is 0 Å². The molecule has 5 nitrogen and oxygen atoms in total. The molecule has 0 aliphatic carbocycles. The lowest BCUT2D eigenvalue weighted by Crippen LogP contribution is -2.46. The van der Waals surface area contributed by atoms with E-state index >= 15 is 0 Å². The van der Waals surface area contributed by atoms with Gasteiger partial charge in [0.2, 0.25) is 5.88 Å². The van der Waals surface area contributed by atoms with Crippen LogP contribution < -0.4 is 10.1 Å². The number of aryl methyl sites for hydroxylation is 1. The van der Waals surface area contributed by atoms with Gasteiger partial charge in [-0.1, -0.05) is 12.1 Å². The highest BCUT2D eigenvalue weighted by molar-refractivity contribution is 5.33. The number of aliphatic hydroxyl groups is 1. The average molecular weight is 369 g/mol. The van der Waals surface area contributed by atoms with Gasteiger partial charge in [-0.3, -0.25) is 4.68 Å². The monoisotopic (exact) mass is 369 g/mol. The molecule has 2 aromatic rings. The average Bonchev–Trinajstić information content (AvgIpc) is 2.94. The lowest BCUT2D eigenvalue weighted by molar-refractivity contribution is -0.137. The fourth-order valence-corrected chi connectivity index (χ4v) is 3.68. The first-order chi connectivity index (χ1) is 12.1. The molecule has 1 unspecified atom stereocenters. The van der Waals surface area contributed by atoms with Crippen molar-refractivity contribution in [1.82, 2.24) is 15.1 Å². The highest BCUT2D eigenvalue weighted by Crippen LogP contribution is 2.42. The SMILES string of the molecule is COc1nn(C)cc1[C@@H]1CC(O)(c2ccc(C(F)(F)F)cc2)C[C@H](C)N1. The minimum absolute atomic E-state index is 0.0362. The molecule has 1 aliphatic rings. The zero-order chi connectivity index (χ0) is 19.1. The number of benzene rings is 1. The molecule has 1 fully saturated rings. The van der Waals surface area contributed by atoms with Crippen LogP contribution in [-0.2, 0) is 18.8 Å². The minimum Gasteiger partial charge on any atom is -0.480 e. The molecule has 0 spiro atoms. The maximum Gasteiger partial charge on any atom is 0.416 e. The lowest BCUT2D eigenvalue weighted by Gasteiger charge is -2.41. The van der Waals surface area contributed by atoms with Gasteiger partial charge in [0.05, 0.1) is 23.8 Å². The van der Waals surface area contributed by atoms with E-state index in [1.165, 1.54) is 19.2 Å². The molecule has 1 aromatic heterocycles. The Hall–Kier alpha value is -2.06. The predicted octanol–water partition coefficient (Wildman–Crippen LogP) is 3.15. The molecular weight excluding hydrogens is 347 g/mol. The van der Waals surface area contributed by atoms with E-state index in [4.69, 9.17) is 4.74 Å². The van der Waals surface area contributed by atoms with E-state index in [0.29, 0.717) is 24.3 Å². The van der Waals surface area contributed by atoms with Crippen molar-refractivity contribution in [3.63, 3.8) is 0 Å². The second kappa shape index (κ2) is 6.59. The topological polar surface area (TPSA) is 59.3 Å². The van der Waals surface area contributed by atoms with Crippen molar-refractivity contribution in [2.24, 2.45) is 7.05 Å². The van der Waals surface area contributed by atoms with Crippen LogP contribution in [0, 0.1) is 0 Å². The van der Waals surface area contributed by atoms with Crippen LogP contribution in [0.3, 0.4) is 0 Å². The Morgan fingerprint density at radius 1 is 1.27 bits per heavy atom. The zero-order valence-electron chi connectivity index (χ0n) is 14.8. The van der Waals surface area contributed by atoms with Crippen LogP contribution in [0.4, 0.5) is 13.2 Å². The van der Waals surface area contributed by atoms with Crippen LogP contribution in [0.1, 0.15) is 42.5 Å². The number of rotatable bonds is 3. The van der Waals surface area contributed by atoms with Gasteiger partial charge in [-0.25, -0.2) is 0 Å². The van der Waals surface area contributed by atoms with Crippen LogP contribution in [0.15, 0.2) is 30.5 Å². The van der Waals surface area contributed by atoms with Gasteiger partial charge in [-0.05, 0) is 31.0 Å². The van der Waals surface area contributed by atoms with Crippen LogP contribution in [0.5, 0.6) is 5.88 Å². The predicted molar refractivity (Wildman–Crippen MR) is 89.7 cm³/mol. The molecule has 0 bridgehead atoms. The number of methoxy groups -OCH3 is 1. The summed E-state index contributed by atoms with van der Waals surface area (Å²) in [5, 5.41) is 18.9. The van der Waals surface area contributed by atoms with E-state index in [0.717, 1.165) is 17.7 Å². The number of hydrogen-bond donors (Lipinski definition) is 2. The van der Waals surface area contributed by atoms with Crippen LogP contribution >= 0.6 is 0 Å². The van der Waals surface area contributed by atoms with Crippen molar-refractivity contribution < 1.29 is 23.0 Å². The van der Waals surface area contributed by atoms with Crippen molar-refractivity contribution in [2.75, 3.05) is 7.11 Å². The second-order valence-corrected chi connectivity index (χ2v) is 6.90. The molecule has 2 heterocycles. The van der Waals surface area contributed by atoms with E-state index in [1.54, 1.807) is 11.7 Å². The minimum atomic E-state index is -4.39. The van der Waals surface area contributed by atoms with E-state index in [2.05, 4.69) is 10.4 Å². The number of piperidine rings is 1. The highest BCUT2D eigenvalue weighted by Gasteiger charge is 2.41. The summed E-state index contributed by atoms with van der Waals surface area (Å²) in [7, 11) is 3.31. The van der Waals surface area contributed by atoms with Crippen molar-refractivity contribution >= 4 is 0 Å². The lowest BCUT2D eigenvalue weighted by atomic mass is 9.77. The molecule has 2 N–H and O–H groups in total. The van der Waals surface area contributed by atoms with Gasteiger partial charge >= 0.3 is 6.18 Å². The van der Waals surface area contributed by atoms with Gasteiger partial charge < -0.3 is 15.2 Å². The third kappa shape index (κ3) is 3.57. The maximum atomic E-state index is 12.8. The molecular formula is C18H22F3N3O2. The van der Waals surface area contributed by atoms with Gasteiger partial charge in [0, 0.05) is 31.7 Å². The Balaban J connectivity index is 1.91. The Morgan fingerprint density at radius 3 is 2.50 bits per heavy atom. The summed E-state index contributed by atoms with van der Waals surface area (Å²) in [6, 6.07) is 4.48. The summed E-state index contributed by atoms with van der Waals surface area (Å²) < 4.78 is 45.3. The molecule has 3 atom stereocenters. The van der Waals surface area contributed by atoms with E-state index in [9.17, 15) is 18.3 Å². The number of aromatic nitrogens is 2. The first-order valence-electron chi connectivity index (χ1n) is 8.36. The van der Waals surface area contributed by atoms with E-state index in [1.807, 2.05) is 13.1 Å². The molecule has 1 aromatic carbocycles. The summed E-state index contributed by atoms with van der Waals surface area (Å²) in [5.41, 5.74) is -0.670. The quantitative estimate of drug-likeness (QED) is 0.873. The molecule has 1 saturated heterocycles. The smallest absolute Gasteiger partial charge is 0.416 e. The zero-order valence-corrected chi connectivity index (χ0v) is 14.8. The summed E-state index contributed by atoms with van der Waals surface area (Å²) >= 11 is 0. The van der Waals surface area contributed by atoms with E-state index < -0.39 is 17.3 Å². The Morgan fingerprint density at radius 2 is 1.92 bits per heavy atom. The van der Waals surface area contributed by atoms with Crippen molar-refractivity contribution in [3.05, 3.63) is 47.2 Å². The number of ether oxygens (including phenoxy) is 1. The van der Waals surface area contributed by atoms with Crippen molar-refractivity contribution in [2.45, 2.75) is 43.6 Å². The van der Waals surface area contributed by atoms with Gasteiger partial charge in [-0.15, -0.1) is 5.10 Å². The molecule has 3 rings (SSSR count). The molecule has 8 heteroatoms. The summed E-state index contributed by atoms with van der Waals surface area (Å²) in [4.78, 5) is 0. The molecule has 26 heavy (non-hydrogen) atoms. The van der Waals surface area contributed by atoms with Crippen molar-refractivity contribution in [1.29, 1.82) is 0 Å².